The molecule has 1 N–H and O–H groups in total. The van der Waals surface area contributed by atoms with E-state index in [0.29, 0.717) is 16.0 Å². The first kappa shape index (κ1) is 12.2. The molecular weight excluding hydrogens is 243 g/mol. The topological polar surface area (TPSA) is 20.2 Å². The van der Waals surface area contributed by atoms with Crippen LogP contribution in [0.1, 0.15) is 38.2 Å². The van der Waals surface area contributed by atoms with Crippen LogP contribution < -0.4 is 0 Å². The Morgan fingerprint density at radius 2 is 1.81 bits per heavy atom. The van der Waals surface area contributed by atoms with Gasteiger partial charge in [0.2, 0.25) is 0 Å². The van der Waals surface area contributed by atoms with E-state index < -0.39 is 5.60 Å². The Balaban J connectivity index is 2.25. The van der Waals surface area contributed by atoms with Crippen molar-refractivity contribution in [2.45, 2.75) is 38.2 Å². The first-order valence-corrected chi connectivity index (χ1v) is 6.45. The summed E-state index contributed by atoms with van der Waals surface area (Å²) in [7, 11) is 0. The zero-order valence-corrected chi connectivity index (χ0v) is 10.9. The Hall–Kier alpha value is -0.240. The summed E-state index contributed by atoms with van der Waals surface area (Å²) in [4.78, 5) is 0. The number of benzene rings is 1. The molecule has 1 aliphatic carbocycles. The van der Waals surface area contributed by atoms with E-state index in [1.54, 1.807) is 12.1 Å². The van der Waals surface area contributed by atoms with Crippen molar-refractivity contribution in [1.29, 1.82) is 0 Å². The van der Waals surface area contributed by atoms with Crippen molar-refractivity contribution in [3.63, 3.8) is 0 Å². The van der Waals surface area contributed by atoms with Gasteiger partial charge < -0.3 is 5.11 Å². The molecule has 0 aliphatic heterocycles. The minimum absolute atomic E-state index is 0.520. The Labute approximate surface area is 106 Å². The quantitative estimate of drug-likeness (QED) is 0.792. The van der Waals surface area contributed by atoms with Gasteiger partial charge in [-0.05, 0) is 49.3 Å². The Morgan fingerprint density at radius 1 is 1.19 bits per heavy atom. The van der Waals surface area contributed by atoms with E-state index in [1.807, 2.05) is 6.07 Å². The van der Waals surface area contributed by atoms with Gasteiger partial charge in [-0.15, -0.1) is 0 Å². The lowest BCUT2D eigenvalue weighted by Crippen LogP contribution is -2.30. The summed E-state index contributed by atoms with van der Waals surface area (Å²) >= 11 is 11.9. The summed E-state index contributed by atoms with van der Waals surface area (Å²) < 4.78 is 0. The van der Waals surface area contributed by atoms with Crippen LogP contribution in [-0.2, 0) is 5.60 Å². The van der Waals surface area contributed by atoms with E-state index in [1.165, 1.54) is 0 Å². The fourth-order valence-corrected chi connectivity index (χ4v) is 2.61. The zero-order valence-electron chi connectivity index (χ0n) is 9.34. The molecule has 0 aromatic heterocycles. The molecule has 1 nitrogen and oxygen atoms in total. The van der Waals surface area contributed by atoms with Crippen molar-refractivity contribution in [2.75, 3.05) is 0 Å². The summed E-state index contributed by atoms with van der Waals surface area (Å²) in [5, 5.41) is 11.6. The molecule has 1 saturated carbocycles. The first-order valence-electron chi connectivity index (χ1n) is 5.69. The van der Waals surface area contributed by atoms with Crippen LogP contribution in [0.25, 0.3) is 0 Å². The van der Waals surface area contributed by atoms with Crippen molar-refractivity contribution >= 4 is 23.2 Å². The smallest absolute Gasteiger partial charge is 0.0897 e. The highest BCUT2D eigenvalue weighted by molar-refractivity contribution is 6.42. The molecule has 0 bridgehead atoms. The third-order valence-electron chi connectivity index (χ3n) is 3.56. The third-order valence-corrected chi connectivity index (χ3v) is 4.30. The molecule has 0 saturated heterocycles. The van der Waals surface area contributed by atoms with E-state index in [2.05, 4.69) is 6.92 Å². The molecule has 0 radical (unpaired) electrons. The minimum atomic E-state index is -0.708. The molecule has 1 fully saturated rings. The highest BCUT2D eigenvalue weighted by atomic mass is 35.5. The third kappa shape index (κ3) is 2.37. The lowest BCUT2D eigenvalue weighted by atomic mass is 9.76. The van der Waals surface area contributed by atoms with Crippen molar-refractivity contribution in [2.24, 2.45) is 5.92 Å². The van der Waals surface area contributed by atoms with E-state index in [-0.39, 0.29) is 0 Å². The van der Waals surface area contributed by atoms with Crippen molar-refractivity contribution in [1.82, 2.24) is 0 Å². The average molecular weight is 259 g/mol. The second kappa shape index (κ2) is 4.56. The maximum Gasteiger partial charge on any atom is 0.0897 e. The van der Waals surface area contributed by atoms with Crippen LogP contribution >= 0.6 is 23.2 Å². The summed E-state index contributed by atoms with van der Waals surface area (Å²) in [5.74, 6) is 0.711. The van der Waals surface area contributed by atoms with Gasteiger partial charge in [-0.1, -0.05) is 36.2 Å². The largest absolute Gasteiger partial charge is 0.385 e. The van der Waals surface area contributed by atoms with Gasteiger partial charge in [-0.25, -0.2) is 0 Å². The van der Waals surface area contributed by atoms with E-state index in [0.717, 1.165) is 31.2 Å². The molecule has 0 spiro atoms. The van der Waals surface area contributed by atoms with E-state index >= 15 is 0 Å². The molecule has 0 amide bonds. The highest BCUT2D eigenvalue weighted by Crippen LogP contribution is 2.40. The monoisotopic (exact) mass is 258 g/mol. The van der Waals surface area contributed by atoms with Gasteiger partial charge in [-0.3, -0.25) is 0 Å². The van der Waals surface area contributed by atoms with Gasteiger partial charge in [0.25, 0.3) is 0 Å². The molecule has 0 atom stereocenters. The van der Waals surface area contributed by atoms with Gasteiger partial charge in [0.1, 0.15) is 0 Å². The molecule has 0 unspecified atom stereocenters. The molecule has 3 heteroatoms. The molecule has 1 aliphatic rings. The van der Waals surface area contributed by atoms with Crippen molar-refractivity contribution < 1.29 is 5.11 Å². The second-order valence-electron chi connectivity index (χ2n) is 4.84. The summed E-state index contributed by atoms with van der Waals surface area (Å²) in [6.07, 6.45) is 3.76. The lowest BCUT2D eigenvalue weighted by molar-refractivity contribution is -0.0120. The standard InChI is InChI=1S/C13H16Cl2O/c1-9-4-6-13(16,7-5-9)10-2-3-11(14)12(15)8-10/h2-3,8-9,16H,4-7H2,1H3. The first-order chi connectivity index (χ1) is 7.51. The van der Waals surface area contributed by atoms with Crippen LogP contribution in [0.15, 0.2) is 18.2 Å². The Bertz CT molecular complexity index is 382. The van der Waals surface area contributed by atoms with Crippen LogP contribution in [0.5, 0.6) is 0 Å². The summed E-state index contributed by atoms with van der Waals surface area (Å²) in [6.45, 7) is 2.23. The summed E-state index contributed by atoms with van der Waals surface area (Å²) in [5.41, 5.74) is 0.189. The number of rotatable bonds is 1. The van der Waals surface area contributed by atoms with Crippen LogP contribution in [0.2, 0.25) is 10.0 Å². The molecule has 16 heavy (non-hydrogen) atoms. The van der Waals surface area contributed by atoms with Crippen LogP contribution in [0.4, 0.5) is 0 Å². The number of halogens is 2. The maximum atomic E-state index is 10.6. The Kier molecular flexibility index (Phi) is 3.48. The number of hydrogen-bond donors (Lipinski definition) is 1. The predicted molar refractivity (Wildman–Crippen MR) is 68.0 cm³/mol. The van der Waals surface area contributed by atoms with Gasteiger partial charge in [-0.2, -0.15) is 0 Å². The summed E-state index contributed by atoms with van der Waals surface area (Å²) in [6, 6.07) is 5.43. The van der Waals surface area contributed by atoms with Crippen molar-refractivity contribution in [3.8, 4) is 0 Å². The Morgan fingerprint density at radius 3 is 2.38 bits per heavy atom. The van der Waals surface area contributed by atoms with Gasteiger partial charge in [0.15, 0.2) is 0 Å². The molecule has 2 rings (SSSR count). The highest BCUT2D eigenvalue weighted by Gasteiger charge is 2.33. The van der Waals surface area contributed by atoms with Crippen LogP contribution in [0.3, 0.4) is 0 Å². The average Bonchev–Trinajstić information content (AvgIpc) is 2.26. The maximum absolute atomic E-state index is 10.6. The SMILES string of the molecule is CC1CCC(O)(c2ccc(Cl)c(Cl)c2)CC1. The minimum Gasteiger partial charge on any atom is -0.385 e. The fourth-order valence-electron chi connectivity index (χ4n) is 2.31. The van der Waals surface area contributed by atoms with E-state index in [9.17, 15) is 5.11 Å². The van der Waals surface area contributed by atoms with E-state index in [4.69, 9.17) is 23.2 Å². The lowest BCUT2D eigenvalue weighted by Gasteiger charge is -2.35. The van der Waals surface area contributed by atoms with Gasteiger partial charge in [0.05, 0.1) is 15.6 Å². The van der Waals surface area contributed by atoms with Crippen molar-refractivity contribution in [3.05, 3.63) is 33.8 Å². The molecule has 1 aromatic carbocycles. The van der Waals surface area contributed by atoms with Crippen LogP contribution in [0, 0.1) is 5.92 Å². The zero-order chi connectivity index (χ0) is 11.8. The number of hydrogen-bond acceptors (Lipinski definition) is 1. The van der Waals surface area contributed by atoms with Gasteiger partial charge >= 0.3 is 0 Å². The normalized spacial score (nSPS) is 30.4. The molecule has 88 valence electrons. The molecule has 0 heterocycles. The number of aliphatic hydroxyl groups is 1. The second-order valence-corrected chi connectivity index (χ2v) is 5.66. The predicted octanol–water partition coefficient (Wildman–Crippen LogP) is 4.39. The molecule has 1 aromatic rings. The van der Waals surface area contributed by atoms with Crippen LogP contribution in [-0.4, -0.2) is 5.11 Å². The van der Waals surface area contributed by atoms with Gasteiger partial charge in [0, 0.05) is 0 Å². The molecular formula is C13H16Cl2O. The fraction of sp³-hybridized carbons (Fsp3) is 0.538.